The predicted octanol–water partition coefficient (Wildman–Crippen LogP) is 22.1. The summed E-state index contributed by atoms with van der Waals surface area (Å²) in [5, 5.41) is 12.6. The zero-order valence-corrected chi connectivity index (χ0v) is 61.7. The molecule has 0 N–H and O–H groups in total. The average molecular weight is 1480 g/mol. The molecule has 0 aliphatic heterocycles. The molecule has 10 rings (SSSR count). The molecule has 0 aliphatic rings. The Morgan fingerprint density at radius 3 is 0.523 bits per heavy atom. The van der Waals surface area contributed by atoms with Gasteiger partial charge in [-0.3, -0.25) is 0 Å². The van der Waals surface area contributed by atoms with Crippen LogP contribution in [0.4, 0.5) is 0 Å². The van der Waals surface area contributed by atoms with Crippen molar-refractivity contribution in [1.29, 1.82) is 0 Å². The zero-order valence-electron chi connectivity index (χ0n) is 52.5. The van der Waals surface area contributed by atoms with E-state index in [0.717, 1.165) is 18.4 Å². The Bertz CT molecular complexity index is 2520. The molecule has 0 spiro atoms. The van der Waals surface area contributed by atoms with Gasteiger partial charge in [-0.05, 0) is 71.5 Å². The van der Waals surface area contributed by atoms with E-state index in [4.69, 9.17) is 38.8 Å². The van der Waals surface area contributed by atoms with Gasteiger partial charge in [-0.1, -0.05) is 366 Å². The molecule has 470 valence electrons. The average Bonchev–Trinajstić information content (AvgIpc) is 3.41. The number of rotatable bonds is 16. The van der Waals surface area contributed by atoms with Gasteiger partial charge in [0.1, 0.15) is 0 Å². The molecule has 0 heterocycles. The third-order valence-electron chi connectivity index (χ3n) is 12.0. The molecule has 0 aromatic heterocycles. The van der Waals surface area contributed by atoms with Gasteiger partial charge in [-0.15, -0.1) is 0 Å². The van der Waals surface area contributed by atoms with Crippen molar-refractivity contribution >= 4 is 115 Å². The van der Waals surface area contributed by atoms with Gasteiger partial charge in [0.25, 0.3) is 0 Å². The van der Waals surface area contributed by atoms with Gasteiger partial charge in [-0.25, -0.2) is 0 Å². The van der Waals surface area contributed by atoms with Crippen molar-refractivity contribution in [2.24, 2.45) is 0 Å². The molecule has 10 aromatic carbocycles. The molecular weight excluding hydrogens is 1390 g/mol. The first-order valence-electron chi connectivity index (χ1n) is 30.4. The second-order valence-corrected chi connectivity index (χ2v) is 34.2. The van der Waals surface area contributed by atoms with Crippen molar-refractivity contribution in [3.05, 3.63) is 323 Å². The van der Waals surface area contributed by atoms with E-state index in [2.05, 4.69) is 315 Å². The summed E-state index contributed by atoms with van der Waals surface area (Å²) in [6.45, 7) is 19.9. The standard InChI is InChI=1S/3C18H15P.C7H6.2C6H14.2C3H7.4ClH.2Ru/c3*1-4-10-16(11-5-1)19(17-12-6-2-7-13-17)18-14-8-3-9-15-18;1-7-5-3-2-4-6-7;2*1-3-5-6-4-2;2*1-3-2;;;;;;/h3*1-15H;1-6H;2*3-6H2,1-2H3;2*1,3H2,2H3;4*1H;;/q;;;;;;2*-1;;;;;2*+2/p-4. The van der Waals surface area contributed by atoms with Gasteiger partial charge in [0.05, 0.1) is 0 Å². The number of unbranched alkanes of at least 4 members (excludes halogenated alkanes) is 6. The van der Waals surface area contributed by atoms with Gasteiger partial charge in [0, 0.05) is 0 Å². The Kier molecular flexibility index (Phi) is 50.5. The first-order valence-corrected chi connectivity index (χ1v) is 44.4. The molecule has 0 amide bonds. The maximum absolute atomic E-state index is 5.67. The minimum Gasteiger partial charge on any atom is -0.0622 e. The first kappa shape index (κ1) is 79.9. The summed E-state index contributed by atoms with van der Waals surface area (Å²) in [6.07, 6.45) is 13.1. The van der Waals surface area contributed by atoms with E-state index >= 15 is 0 Å². The van der Waals surface area contributed by atoms with Crippen LogP contribution in [0.25, 0.3) is 0 Å². The van der Waals surface area contributed by atoms with Crippen molar-refractivity contribution in [2.75, 3.05) is 0 Å². The fourth-order valence-corrected chi connectivity index (χ4v) is 16.9. The summed E-state index contributed by atoms with van der Waals surface area (Å²) in [5.74, 6) is 0. The quantitative estimate of drug-likeness (QED) is 0.0391. The minimum absolute atomic E-state index is 0.346. The molecule has 0 fully saturated rings. The van der Waals surface area contributed by atoms with Gasteiger partial charge < -0.3 is 13.8 Å². The molecule has 0 atom stereocenters. The summed E-state index contributed by atoms with van der Waals surface area (Å²) < 4.78 is 1.92. The number of halogens is 4. The molecule has 9 heteroatoms. The second-order valence-electron chi connectivity index (χ2n) is 19.2. The summed E-state index contributed by atoms with van der Waals surface area (Å²) in [6, 6.07) is 107. The van der Waals surface area contributed by atoms with Gasteiger partial charge in [0.2, 0.25) is 0 Å². The maximum Gasteiger partial charge on any atom is -0.0134 e. The smallest absolute Gasteiger partial charge is 0.0134 e. The Balaban J connectivity index is 0.000000366. The molecule has 0 unspecified atom stereocenters. The Labute approximate surface area is 566 Å². The Hall–Kier alpha value is -4.23. The van der Waals surface area contributed by atoms with E-state index in [-0.39, 0.29) is 15.1 Å². The van der Waals surface area contributed by atoms with E-state index in [1.165, 1.54) is 99.1 Å². The van der Waals surface area contributed by atoms with Gasteiger partial charge in [-0.2, -0.15) is 12.8 Å². The number of benzene rings is 10. The van der Waals surface area contributed by atoms with Crippen LogP contribution in [-0.4, -0.2) is 4.61 Å². The largest absolute Gasteiger partial charge is 0.0622 e. The van der Waals surface area contributed by atoms with Crippen LogP contribution < -0.4 is 47.7 Å². The van der Waals surface area contributed by atoms with E-state index < -0.39 is 37.3 Å². The topological polar surface area (TPSA) is 0 Å². The normalized spacial score (nSPS) is 9.97. The van der Waals surface area contributed by atoms with E-state index in [9.17, 15) is 0 Å². The molecule has 0 saturated heterocycles. The fraction of sp³-hybridized carbons (Fsp3) is 0.203. The Morgan fingerprint density at radius 1 is 0.284 bits per heavy atom. The summed E-state index contributed by atoms with van der Waals surface area (Å²) >= 11 is -1.96. The van der Waals surface area contributed by atoms with E-state index in [0.29, 0.717) is 0 Å². The van der Waals surface area contributed by atoms with Crippen LogP contribution in [0.1, 0.15) is 111 Å². The van der Waals surface area contributed by atoms with Crippen LogP contribution in [0, 0.1) is 13.8 Å². The van der Waals surface area contributed by atoms with Crippen molar-refractivity contribution in [3.8, 4) is 0 Å². The number of hydrogen-bond acceptors (Lipinski definition) is 0. The molecule has 88 heavy (non-hydrogen) atoms. The monoisotopic (exact) mass is 1480 g/mol. The van der Waals surface area contributed by atoms with E-state index in [1.807, 2.05) is 48.8 Å². The molecule has 0 radical (unpaired) electrons. The third-order valence-corrected chi connectivity index (χ3v) is 21.2. The number of hydrogen-bond donors (Lipinski definition) is 0. The molecule has 0 aliphatic carbocycles. The Morgan fingerprint density at radius 2 is 0.409 bits per heavy atom. The zero-order chi connectivity index (χ0) is 63.9. The fourth-order valence-electron chi connectivity index (χ4n) is 8.15. The van der Waals surface area contributed by atoms with Crippen LogP contribution in [0.5, 0.6) is 0 Å². The van der Waals surface area contributed by atoms with Crippen molar-refractivity contribution in [3.63, 3.8) is 0 Å². The molecule has 10 aromatic rings. The second kappa shape index (κ2) is 55.6. The summed E-state index contributed by atoms with van der Waals surface area (Å²) in [7, 11) is 19.7. The van der Waals surface area contributed by atoms with Crippen molar-refractivity contribution < 1.29 is 28.7 Å². The maximum atomic E-state index is 5.67. The van der Waals surface area contributed by atoms with Crippen LogP contribution in [-0.2, 0) is 28.7 Å². The van der Waals surface area contributed by atoms with Crippen LogP contribution >= 0.6 is 62.5 Å². The molecule has 0 bridgehead atoms. The third kappa shape index (κ3) is 36.0. The molecule has 0 nitrogen and oxygen atoms in total. The molecule has 0 saturated carbocycles. The first-order chi connectivity index (χ1) is 43.2. The summed E-state index contributed by atoms with van der Waals surface area (Å²) in [5.41, 5.74) is 1.12. The van der Waals surface area contributed by atoms with Crippen molar-refractivity contribution in [2.45, 2.75) is 106 Å². The summed E-state index contributed by atoms with van der Waals surface area (Å²) in [4.78, 5) is 0. The van der Waals surface area contributed by atoms with Crippen molar-refractivity contribution in [1.82, 2.24) is 0 Å². The SMILES string of the molecule is CCCCCC.CCCCCC.[CH2-]CC.[CH2-]CC.[Cl][Ru]([Cl])=[CH]c1ccccc1.[Cl][Ru][Cl].c1ccc(P(c2ccccc2)c2ccccc2)cc1.c1ccc(P(c2ccccc2)c2ccccc2)cc1.c1ccc(P(c2ccccc2)c2ccccc2)cc1. The van der Waals surface area contributed by atoms with Gasteiger partial charge >= 0.3 is 108 Å². The van der Waals surface area contributed by atoms with Gasteiger partial charge in [0.15, 0.2) is 0 Å². The van der Waals surface area contributed by atoms with Crippen LogP contribution in [0.3, 0.4) is 0 Å². The van der Waals surface area contributed by atoms with Crippen LogP contribution in [0.2, 0.25) is 0 Å². The minimum atomic E-state index is -1.61. The molecular formula is C79H93Cl4P3Ru2-2. The van der Waals surface area contributed by atoms with E-state index in [1.54, 1.807) is 0 Å². The van der Waals surface area contributed by atoms with Crippen LogP contribution in [0.15, 0.2) is 303 Å². The predicted molar refractivity (Wildman–Crippen MR) is 401 cm³/mol.